The molecular formula is C14H20ClNO. The Morgan fingerprint density at radius 2 is 2.00 bits per heavy atom. The third-order valence-electron chi connectivity index (χ3n) is 3.69. The average molecular weight is 254 g/mol. The van der Waals surface area contributed by atoms with Crippen LogP contribution in [0, 0.1) is 5.41 Å². The minimum Gasteiger partial charge on any atom is -0.493 e. The molecule has 0 bridgehead atoms. The van der Waals surface area contributed by atoms with Gasteiger partial charge in [-0.15, -0.1) is 0 Å². The van der Waals surface area contributed by atoms with Gasteiger partial charge in [-0.2, -0.15) is 0 Å². The van der Waals surface area contributed by atoms with Crippen molar-refractivity contribution in [3.05, 3.63) is 29.3 Å². The molecule has 0 amide bonds. The van der Waals surface area contributed by atoms with E-state index in [1.54, 1.807) is 0 Å². The number of hydrogen-bond donors (Lipinski definition) is 1. The van der Waals surface area contributed by atoms with Crippen molar-refractivity contribution in [1.29, 1.82) is 0 Å². The van der Waals surface area contributed by atoms with E-state index in [-0.39, 0.29) is 5.41 Å². The molecule has 2 rings (SSSR count). The van der Waals surface area contributed by atoms with E-state index in [1.807, 2.05) is 24.3 Å². The van der Waals surface area contributed by atoms with Crippen LogP contribution in [0.1, 0.15) is 32.1 Å². The van der Waals surface area contributed by atoms with Crippen LogP contribution in [0.5, 0.6) is 5.75 Å². The van der Waals surface area contributed by atoms with E-state index in [1.165, 1.54) is 32.1 Å². The van der Waals surface area contributed by atoms with E-state index in [9.17, 15) is 0 Å². The first-order valence-corrected chi connectivity index (χ1v) is 6.70. The van der Waals surface area contributed by atoms with E-state index in [0.29, 0.717) is 18.2 Å². The molecular weight excluding hydrogens is 234 g/mol. The molecule has 1 aliphatic rings. The molecule has 0 spiro atoms. The quantitative estimate of drug-likeness (QED) is 0.889. The molecule has 1 saturated carbocycles. The third kappa shape index (κ3) is 3.36. The first-order chi connectivity index (χ1) is 8.24. The van der Waals surface area contributed by atoms with Gasteiger partial charge in [-0.1, -0.05) is 36.9 Å². The van der Waals surface area contributed by atoms with Crippen molar-refractivity contribution in [3.8, 4) is 5.75 Å². The molecule has 1 aromatic carbocycles. The van der Waals surface area contributed by atoms with Crippen LogP contribution in [-0.4, -0.2) is 13.2 Å². The van der Waals surface area contributed by atoms with Gasteiger partial charge in [0.2, 0.25) is 0 Å². The highest BCUT2D eigenvalue weighted by Crippen LogP contribution is 2.36. The Labute approximate surface area is 108 Å². The number of hydrogen-bond acceptors (Lipinski definition) is 2. The maximum Gasteiger partial charge on any atom is 0.120 e. The summed E-state index contributed by atoms with van der Waals surface area (Å²) in [6.07, 6.45) is 6.25. The topological polar surface area (TPSA) is 35.2 Å². The summed E-state index contributed by atoms with van der Waals surface area (Å²) in [5.41, 5.74) is 6.11. The van der Waals surface area contributed by atoms with Crippen LogP contribution in [0.3, 0.4) is 0 Å². The molecule has 0 saturated heterocycles. The Hall–Kier alpha value is -0.730. The van der Waals surface area contributed by atoms with Gasteiger partial charge in [0.1, 0.15) is 5.75 Å². The maximum atomic E-state index is 5.93. The van der Waals surface area contributed by atoms with Crippen LogP contribution in [0.2, 0.25) is 5.02 Å². The predicted molar refractivity (Wildman–Crippen MR) is 71.5 cm³/mol. The molecule has 2 N–H and O–H groups in total. The first-order valence-electron chi connectivity index (χ1n) is 6.33. The fraction of sp³-hybridized carbons (Fsp3) is 0.571. The molecule has 0 heterocycles. The molecule has 1 aliphatic carbocycles. The number of benzene rings is 1. The highest BCUT2D eigenvalue weighted by Gasteiger charge is 2.31. The molecule has 3 heteroatoms. The molecule has 0 atom stereocenters. The van der Waals surface area contributed by atoms with Crippen molar-refractivity contribution < 1.29 is 4.74 Å². The minimum absolute atomic E-state index is 0.181. The molecule has 2 nitrogen and oxygen atoms in total. The summed E-state index contributed by atoms with van der Waals surface area (Å²) in [6, 6.07) is 7.56. The Kier molecular flexibility index (Phi) is 4.30. The second-order valence-corrected chi connectivity index (χ2v) is 5.45. The van der Waals surface area contributed by atoms with Crippen LogP contribution >= 0.6 is 11.6 Å². The first kappa shape index (κ1) is 12.7. The summed E-state index contributed by atoms with van der Waals surface area (Å²) in [5.74, 6) is 0.843. The summed E-state index contributed by atoms with van der Waals surface area (Å²) < 4.78 is 5.86. The monoisotopic (exact) mass is 253 g/mol. The van der Waals surface area contributed by atoms with Crippen LogP contribution in [0.4, 0.5) is 0 Å². The molecule has 1 aromatic rings. The van der Waals surface area contributed by atoms with Gasteiger partial charge in [0.05, 0.1) is 6.61 Å². The van der Waals surface area contributed by atoms with Crippen LogP contribution in [-0.2, 0) is 0 Å². The molecule has 0 aliphatic heterocycles. The molecule has 0 aromatic heterocycles. The summed E-state index contributed by atoms with van der Waals surface area (Å²) in [5, 5.41) is 0.716. The van der Waals surface area contributed by atoms with Gasteiger partial charge in [-0.3, -0.25) is 0 Å². The predicted octanol–water partition coefficient (Wildman–Crippen LogP) is 3.63. The number of halogens is 1. The molecule has 0 radical (unpaired) electrons. The normalized spacial score (nSPS) is 18.9. The van der Waals surface area contributed by atoms with Crippen LogP contribution in [0.15, 0.2) is 24.3 Å². The second-order valence-electron chi connectivity index (χ2n) is 5.01. The van der Waals surface area contributed by atoms with Gasteiger partial charge in [-0.25, -0.2) is 0 Å². The second kappa shape index (κ2) is 5.74. The van der Waals surface area contributed by atoms with Crippen molar-refractivity contribution in [2.45, 2.75) is 32.1 Å². The highest BCUT2D eigenvalue weighted by molar-refractivity contribution is 6.30. The maximum absolute atomic E-state index is 5.93. The number of rotatable bonds is 4. The van der Waals surface area contributed by atoms with Crippen molar-refractivity contribution in [1.82, 2.24) is 0 Å². The number of nitrogens with two attached hydrogens (primary N) is 1. The zero-order valence-electron chi connectivity index (χ0n) is 10.1. The summed E-state index contributed by atoms with van der Waals surface area (Å²) in [7, 11) is 0. The third-order valence-corrected chi connectivity index (χ3v) is 3.92. The Bertz CT molecular complexity index is 361. The lowest BCUT2D eigenvalue weighted by atomic mass is 9.75. The SMILES string of the molecule is NCC1(COc2cccc(Cl)c2)CCCCC1. The van der Waals surface area contributed by atoms with Crippen molar-refractivity contribution >= 4 is 11.6 Å². The van der Waals surface area contributed by atoms with Gasteiger partial charge < -0.3 is 10.5 Å². The van der Waals surface area contributed by atoms with Gasteiger partial charge in [0.15, 0.2) is 0 Å². The Balaban J connectivity index is 1.95. The van der Waals surface area contributed by atoms with Crippen molar-refractivity contribution in [2.24, 2.45) is 11.1 Å². The fourth-order valence-corrected chi connectivity index (χ4v) is 2.68. The summed E-state index contributed by atoms with van der Waals surface area (Å²) >= 11 is 5.93. The Morgan fingerprint density at radius 3 is 2.65 bits per heavy atom. The van der Waals surface area contributed by atoms with E-state index < -0.39 is 0 Å². The highest BCUT2D eigenvalue weighted by atomic mass is 35.5. The molecule has 17 heavy (non-hydrogen) atoms. The van der Waals surface area contributed by atoms with E-state index >= 15 is 0 Å². The molecule has 1 fully saturated rings. The van der Waals surface area contributed by atoms with E-state index in [0.717, 1.165) is 5.75 Å². The lowest BCUT2D eigenvalue weighted by Gasteiger charge is -2.35. The van der Waals surface area contributed by atoms with Gasteiger partial charge in [0, 0.05) is 17.0 Å². The summed E-state index contributed by atoms with van der Waals surface area (Å²) in [4.78, 5) is 0. The average Bonchev–Trinajstić information content (AvgIpc) is 2.38. The smallest absolute Gasteiger partial charge is 0.120 e. The molecule has 94 valence electrons. The zero-order valence-corrected chi connectivity index (χ0v) is 10.9. The van der Waals surface area contributed by atoms with Crippen LogP contribution in [0.25, 0.3) is 0 Å². The van der Waals surface area contributed by atoms with Crippen molar-refractivity contribution in [3.63, 3.8) is 0 Å². The largest absolute Gasteiger partial charge is 0.493 e. The van der Waals surface area contributed by atoms with Gasteiger partial charge in [-0.05, 0) is 31.0 Å². The van der Waals surface area contributed by atoms with Gasteiger partial charge in [0.25, 0.3) is 0 Å². The molecule has 0 unspecified atom stereocenters. The van der Waals surface area contributed by atoms with E-state index in [2.05, 4.69) is 0 Å². The lowest BCUT2D eigenvalue weighted by Crippen LogP contribution is -2.38. The van der Waals surface area contributed by atoms with E-state index in [4.69, 9.17) is 22.1 Å². The lowest BCUT2D eigenvalue weighted by molar-refractivity contribution is 0.105. The van der Waals surface area contributed by atoms with Crippen molar-refractivity contribution in [2.75, 3.05) is 13.2 Å². The van der Waals surface area contributed by atoms with Gasteiger partial charge >= 0.3 is 0 Å². The van der Waals surface area contributed by atoms with Crippen LogP contribution < -0.4 is 10.5 Å². The Morgan fingerprint density at radius 1 is 1.24 bits per heavy atom. The zero-order chi connectivity index (χ0) is 12.1. The standard InChI is InChI=1S/C14H20ClNO/c15-12-5-4-6-13(9-12)17-11-14(10-16)7-2-1-3-8-14/h4-6,9H,1-3,7-8,10-11,16H2. The summed E-state index contributed by atoms with van der Waals surface area (Å²) in [6.45, 7) is 1.43. The number of ether oxygens (including phenoxy) is 1. The fourth-order valence-electron chi connectivity index (χ4n) is 2.50. The minimum atomic E-state index is 0.181.